The molecule has 0 radical (unpaired) electrons. The monoisotopic (exact) mass is 660 g/mol. The molecule has 1 unspecified atom stereocenters. The molecule has 0 saturated carbocycles. The second-order valence-electron chi connectivity index (χ2n) is 14.7. The fourth-order valence-electron chi connectivity index (χ4n) is 5.99. The van der Waals surface area contributed by atoms with E-state index in [1.54, 1.807) is 12.3 Å². The van der Waals surface area contributed by atoms with Crippen molar-refractivity contribution in [2.75, 3.05) is 12.9 Å². The zero-order chi connectivity index (χ0) is 34.2. The van der Waals surface area contributed by atoms with Crippen LogP contribution in [0.4, 0.5) is 4.39 Å². The van der Waals surface area contributed by atoms with Crippen LogP contribution in [0.15, 0.2) is 65.1 Å². The lowest BCUT2D eigenvalue weighted by atomic mass is 9.78. The van der Waals surface area contributed by atoms with E-state index in [-0.39, 0.29) is 28.7 Å². The summed E-state index contributed by atoms with van der Waals surface area (Å²) >= 11 is -1.06. The van der Waals surface area contributed by atoms with Gasteiger partial charge in [-0.25, -0.2) is 4.39 Å². The van der Waals surface area contributed by atoms with Gasteiger partial charge in [0.15, 0.2) is 13.2 Å². The SMILES string of the molecule is CC1=C(CC(=O)Oc2cc(C)cc(C)c2C(C)(C)CCO[Si](C)(C)C(C)(C)C)c2cc(F)ccc2/C1=C\c1ccc([S+](C)[O-])cc1. The van der Waals surface area contributed by atoms with Crippen molar-refractivity contribution < 1.29 is 22.9 Å². The number of allylic oxidation sites excluding steroid dienone is 2. The molecular weight excluding hydrogens is 612 g/mol. The predicted octanol–water partition coefficient (Wildman–Crippen LogP) is 10.2. The molecule has 0 bridgehead atoms. The molecule has 0 fully saturated rings. The smallest absolute Gasteiger partial charge is 0.315 e. The molecule has 0 saturated heterocycles. The van der Waals surface area contributed by atoms with E-state index in [1.807, 2.05) is 50.3 Å². The molecule has 4 nitrogen and oxygen atoms in total. The Morgan fingerprint density at radius 2 is 1.61 bits per heavy atom. The number of fused-ring (bicyclic) bond motifs is 1. The molecule has 1 atom stereocenters. The van der Waals surface area contributed by atoms with Gasteiger partial charge >= 0.3 is 5.97 Å². The highest BCUT2D eigenvalue weighted by Gasteiger charge is 2.38. The standard InChI is InChI=1S/C39H49FO4SSi/c1-25-20-26(2)37(39(7,8)18-19-43-46(10,11)38(4,5)6)35(21-25)44-36(41)24-33-27(3)32(31-17-14-29(40)23-34(31)33)22-28-12-15-30(16-13-28)45(9)42/h12-17,20-23H,18-19,24H2,1-11H3/b32-22-. The van der Waals surface area contributed by atoms with Gasteiger partial charge in [0, 0.05) is 12.2 Å². The highest BCUT2D eigenvalue weighted by atomic mass is 32.2. The van der Waals surface area contributed by atoms with Crippen LogP contribution in [-0.2, 0) is 25.8 Å². The zero-order valence-corrected chi connectivity index (χ0v) is 31.1. The van der Waals surface area contributed by atoms with E-state index < -0.39 is 19.5 Å². The van der Waals surface area contributed by atoms with Crippen molar-refractivity contribution in [3.8, 4) is 5.75 Å². The molecule has 4 rings (SSSR count). The molecule has 1 aliphatic carbocycles. The molecule has 7 heteroatoms. The Bertz CT molecular complexity index is 1680. The van der Waals surface area contributed by atoms with Crippen LogP contribution in [0.2, 0.25) is 18.1 Å². The lowest BCUT2D eigenvalue weighted by Gasteiger charge is -2.37. The molecule has 46 heavy (non-hydrogen) atoms. The summed E-state index contributed by atoms with van der Waals surface area (Å²) in [5.74, 6) is -0.174. The molecule has 3 aromatic carbocycles. The third-order valence-corrected chi connectivity index (χ3v) is 15.1. The lowest BCUT2D eigenvalue weighted by Crippen LogP contribution is -2.41. The van der Waals surface area contributed by atoms with E-state index in [4.69, 9.17) is 9.16 Å². The highest BCUT2D eigenvalue weighted by Crippen LogP contribution is 2.45. The minimum atomic E-state index is -1.90. The maximum absolute atomic E-state index is 14.5. The number of esters is 1. The van der Waals surface area contributed by atoms with Crippen LogP contribution in [0.3, 0.4) is 0 Å². The minimum absolute atomic E-state index is 0.00865. The van der Waals surface area contributed by atoms with Crippen LogP contribution in [0.25, 0.3) is 17.2 Å². The summed E-state index contributed by atoms with van der Waals surface area (Å²) in [7, 11) is -1.90. The summed E-state index contributed by atoms with van der Waals surface area (Å²) in [5, 5.41) is 0.127. The molecule has 0 spiro atoms. The number of benzene rings is 3. The second kappa shape index (κ2) is 13.6. The van der Waals surface area contributed by atoms with Crippen LogP contribution in [0.5, 0.6) is 5.75 Å². The molecule has 0 amide bonds. The Kier molecular flexibility index (Phi) is 10.6. The van der Waals surface area contributed by atoms with Gasteiger partial charge in [0.25, 0.3) is 0 Å². The van der Waals surface area contributed by atoms with E-state index in [1.165, 1.54) is 12.1 Å². The minimum Gasteiger partial charge on any atom is -0.612 e. The van der Waals surface area contributed by atoms with Crippen molar-refractivity contribution in [2.24, 2.45) is 0 Å². The molecule has 1 aliphatic rings. The molecule has 0 aromatic heterocycles. The third kappa shape index (κ3) is 7.93. The van der Waals surface area contributed by atoms with E-state index >= 15 is 0 Å². The van der Waals surface area contributed by atoms with Crippen molar-refractivity contribution in [3.63, 3.8) is 0 Å². The average Bonchev–Trinajstić information content (AvgIpc) is 3.17. The maximum atomic E-state index is 14.5. The van der Waals surface area contributed by atoms with Crippen LogP contribution in [-0.4, -0.2) is 31.7 Å². The van der Waals surface area contributed by atoms with Crippen LogP contribution < -0.4 is 4.74 Å². The summed E-state index contributed by atoms with van der Waals surface area (Å²) in [5.41, 5.74) is 7.90. The van der Waals surface area contributed by atoms with Crippen molar-refractivity contribution in [1.29, 1.82) is 0 Å². The molecule has 0 aliphatic heterocycles. The number of aryl methyl sites for hydroxylation is 2. The van der Waals surface area contributed by atoms with Crippen molar-refractivity contribution in [3.05, 3.63) is 99.4 Å². The average molecular weight is 661 g/mol. The Morgan fingerprint density at radius 1 is 0.957 bits per heavy atom. The number of carbonyl (C=O) groups excluding carboxylic acids is 1. The first-order valence-corrected chi connectivity index (χ1v) is 20.4. The molecule has 246 valence electrons. The number of hydrogen-bond acceptors (Lipinski definition) is 4. The third-order valence-electron chi connectivity index (χ3n) is 9.64. The molecule has 0 heterocycles. The van der Waals surface area contributed by atoms with Crippen molar-refractivity contribution in [1.82, 2.24) is 0 Å². The summed E-state index contributed by atoms with van der Waals surface area (Å²) in [6, 6.07) is 16.3. The second-order valence-corrected chi connectivity index (χ2v) is 20.9. The normalized spacial score (nSPS) is 15.4. The van der Waals surface area contributed by atoms with E-state index in [0.29, 0.717) is 17.9 Å². The van der Waals surface area contributed by atoms with Gasteiger partial charge in [-0.2, -0.15) is 0 Å². The summed E-state index contributed by atoms with van der Waals surface area (Å²) in [4.78, 5) is 14.5. The Hall–Kier alpha value is -2.97. The van der Waals surface area contributed by atoms with Crippen LogP contribution >= 0.6 is 0 Å². The Balaban J connectivity index is 1.62. The van der Waals surface area contributed by atoms with Gasteiger partial charge in [0.1, 0.15) is 17.8 Å². The first-order chi connectivity index (χ1) is 21.3. The first kappa shape index (κ1) is 35.9. The van der Waals surface area contributed by atoms with Gasteiger partial charge in [-0.3, -0.25) is 4.79 Å². The van der Waals surface area contributed by atoms with Gasteiger partial charge < -0.3 is 13.7 Å². The van der Waals surface area contributed by atoms with Gasteiger partial charge in [-0.05, 0) is 155 Å². The Morgan fingerprint density at radius 3 is 2.22 bits per heavy atom. The number of hydrogen-bond donors (Lipinski definition) is 0. The lowest BCUT2D eigenvalue weighted by molar-refractivity contribution is -0.133. The first-order valence-electron chi connectivity index (χ1n) is 15.9. The van der Waals surface area contributed by atoms with Gasteiger partial charge in [-0.15, -0.1) is 0 Å². The molecule has 3 aromatic rings. The maximum Gasteiger partial charge on any atom is 0.315 e. The molecule has 0 N–H and O–H groups in total. The fourth-order valence-corrected chi connectivity index (χ4v) is 7.55. The van der Waals surface area contributed by atoms with Gasteiger partial charge in [-0.1, -0.05) is 46.8 Å². The van der Waals surface area contributed by atoms with Gasteiger partial charge in [0.2, 0.25) is 0 Å². The number of ether oxygens (including phenoxy) is 1. The zero-order valence-electron chi connectivity index (χ0n) is 29.3. The fraction of sp³-hybridized carbons (Fsp3) is 0.410. The largest absolute Gasteiger partial charge is 0.612 e. The van der Waals surface area contributed by atoms with Gasteiger partial charge in [0.05, 0.1) is 6.42 Å². The highest BCUT2D eigenvalue weighted by molar-refractivity contribution is 7.90. The van der Waals surface area contributed by atoms with Crippen molar-refractivity contribution in [2.45, 2.75) is 96.7 Å². The molecular formula is C39H49FO4SSi. The number of halogens is 1. The number of carbonyl (C=O) groups is 1. The summed E-state index contributed by atoms with van der Waals surface area (Å²) in [6.45, 7) is 22.3. The van der Waals surface area contributed by atoms with Crippen molar-refractivity contribution >= 4 is 42.7 Å². The summed E-state index contributed by atoms with van der Waals surface area (Å²) < 4.78 is 39.1. The topological polar surface area (TPSA) is 58.6 Å². The van der Waals surface area contributed by atoms with Crippen LogP contribution in [0.1, 0.15) is 87.8 Å². The summed E-state index contributed by atoms with van der Waals surface area (Å²) in [6.07, 6.45) is 4.48. The van der Waals surface area contributed by atoms with E-state index in [2.05, 4.69) is 60.7 Å². The van der Waals surface area contributed by atoms with Crippen LogP contribution in [0, 0.1) is 19.7 Å². The Labute approximate surface area is 279 Å². The van der Waals surface area contributed by atoms with E-state index in [9.17, 15) is 13.7 Å². The number of rotatable bonds is 10. The van der Waals surface area contributed by atoms with E-state index in [0.717, 1.165) is 55.9 Å². The quantitative estimate of drug-likeness (QED) is 0.0940. The predicted molar refractivity (Wildman–Crippen MR) is 193 cm³/mol.